The standard InChI is InChI=1S/C9H15NO4/c1-3-4-5-7(12)10-8(6(2)11)9(13)14/h4-6,8,11H,3H2,1-2H3,(H,10,12)(H,13,14). The summed E-state index contributed by atoms with van der Waals surface area (Å²) in [5.74, 6) is -1.77. The van der Waals surface area contributed by atoms with Crippen molar-refractivity contribution in [1.29, 1.82) is 0 Å². The van der Waals surface area contributed by atoms with Crippen molar-refractivity contribution in [2.45, 2.75) is 32.4 Å². The highest BCUT2D eigenvalue weighted by molar-refractivity contribution is 5.91. The van der Waals surface area contributed by atoms with Gasteiger partial charge in [0, 0.05) is 0 Å². The molecule has 0 radical (unpaired) electrons. The molecular weight excluding hydrogens is 186 g/mol. The molecule has 0 aromatic heterocycles. The number of hydrogen-bond acceptors (Lipinski definition) is 3. The van der Waals surface area contributed by atoms with Crippen LogP contribution in [0.5, 0.6) is 0 Å². The zero-order chi connectivity index (χ0) is 11.1. The molecule has 0 aliphatic carbocycles. The summed E-state index contributed by atoms with van der Waals surface area (Å²) >= 11 is 0. The van der Waals surface area contributed by atoms with Crippen LogP contribution in [0.2, 0.25) is 0 Å². The normalized spacial score (nSPS) is 15.1. The highest BCUT2D eigenvalue weighted by Crippen LogP contribution is 1.93. The Morgan fingerprint density at radius 2 is 2.07 bits per heavy atom. The summed E-state index contributed by atoms with van der Waals surface area (Å²) in [5, 5.41) is 19.8. The molecule has 2 unspecified atom stereocenters. The van der Waals surface area contributed by atoms with Gasteiger partial charge in [-0.3, -0.25) is 4.79 Å². The molecule has 0 bridgehead atoms. The van der Waals surface area contributed by atoms with E-state index in [4.69, 9.17) is 10.2 Å². The maximum atomic E-state index is 11.0. The fourth-order valence-electron chi connectivity index (χ4n) is 0.815. The fourth-order valence-corrected chi connectivity index (χ4v) is 0.815. The van der Waals surface area contributed by atoms with E-state index in [2.05, 4.69) is 5.32 Å². The smallest absolute Gasteiger partial charge is 0.328 e. The van der Waals surface area contributed by atoms with Crippen molar-refractivity contribution < 1.29 is 19.8 Å². The topological polar surface area (TPSA) is 86.6 Å². The van der Waals surface area contributed by atoms with E-state index >= 15 is 0 Å². The van der Waals surface area contributed by atoms with Crippen molar-refractivity contribution in [3.05, 3.63) is 12.2 Å². The number of hydrogen-bond donors (Lipinski definition) is 3. The largest absolute Gasteiger partial charge is 0.480 e. The van der Waals surface area contributed by atoms with Gasteiger partial charge >= 0.3 is 5.97 Å². The van der Waals surface area contributed by atoms with Crippen LogP contribution in [0.4, 0.5) is 0 Å². The van der Waals surface area contributed by atoms with Gasteiger partial charge in [0.25, 0.3) is 0 Å². The van der Waals surface area contributed by atoms with Crippen LogP contribution in [0.1, 0.15) is 20.3 Å². The molecule has 0 spiro atoms. The van der Waals surface area contributed by atoms with Crippen molar-refractivity contribution in [2.75, 3.05) is 0 Å². The minimum absolute atomic E-state index is 0.514. The summed E-state index contributed by atoms with van der Waals surface area (Å²) in [6.45, 7) is 3.16. The van der Waals surface area contributed by atoms with Gasteiger partial charge in [-0.05, 0) is 19.4 Å². The number of carbonyl (C=O) groups is 2. The molecule has 0 heterocycles. The van der Waals surface area contributed by atoms with Gasteiger partial charge in [-0.25, -0.2) is 4.79 Å². The van der Waals surface area contributed by atoms with E-state index in [1.54, 1.807) is 6.08 Å². The third-order valence-electron chi connectivity index (χ3n) is 1.55. The summed E-state index contributed by atoms with van der Waals surface area (Å²) in [7, 11) is 0. The molecule has 0 aliphatic rings. The lowest BCUT2D eigenvalue weighted by Gasteiger charge is -2.15. The molecule has 5 heteroatoms. The summed E-state index contributed by atoms with van der Waals surface area (Å²) in [4.78, 5) is 21.6. The minimum atomic E-state index is -1.26. The van der Waals surface area contributed by atoms with Gasteiger partial charge in [0.2, 0.25) is 5.91 Å². The Kier molecular flexibility index (Phi) is 5.55. The maximum Gasteiger partial charge on any atom is 0.328 e. The number of rotatable bonds is 5. The maximum absolute atomic E-state index is 11.0. The third-order valence-corrected chi connectivity index (χ3v) is 1.55. The quantitative estimate of drug-likeness (QED) is 0.542. The van der Waals surface area contributed by atoms with Crippen LogP contribution in [-0.4, -0.2) is 34.2 Å². The number of nitrogens with one attached hydrogen (secondary N) is 1. The van der Waals surface area contributed by atoms with Crippen molar-refractivity contribution in [2.24, 2.45) is 0 Å². The molecule has 0 aromatic rings. The second-order valence-corrected chi connectivity index (χ2v) is 2.88. The Morgan fingerprint density at radius 3 is 2.43 bits per heavy atom. The van der Waals surface area contributed by atoms with Crippen LogP contribution in [-0.2, 0) is 9.59 Å². The highest BCUT2D eigenvalue weighted by atomic mass is 16.4. The molecule has 1 amide bonds. The number of aliphatic hydroxyl groups excluding tert-OH is 1. The number of aliphatic hydroxyl groups is 1. The molecule has 3 N–H and O–H groups in total. The average Bonchev–Trinajstić information content (AvgIpc) is 2.09. The lowest BCUT2D eigenvalue weighted by atomic mass is 10.2. The van der Waals surface area contributed by atoms with E-state index in [1.807, 2.05) is 6.92 Å². The summed E-state index contributed by atoms with van der Waals surface area (Å²) in [6.07, 6.45) is 2.43. The zero-order valence-electron chi connectivity index (χ0n) is 8.23. The van der Waals surface area contributed by atoms with E-state index in [-0.39, 0.29) is 0 Å². The van der Waals surface area contributed by atoms with Crippen LogP contribution in [0.25, 0.3) is 0 Å². The lowest BCUT2D eigenvalue weighted by molar-refractivity contribution is -0.144. The molecule has 0 saturated carbocycles. The first-order valence-corrected chi connectivity index (χ1v) is 4.37. The Bertz CT molecular complexity index is 235. The summed E-state index contributed by atoms with van der Waals surface area (Å²) < 4.78 is 0. The number of allylic oxidation sites excluding steroid dienone is 1. The van der Waals surface area contributed by atoms with Gasteiger partial charge in [0.1, 0.15) is 0 Å². The third kappa shape index (κ3) is 4.61. The van der Waals surface area contributed by atoms with Gasteiger partial charge in [-0.2, -0.15) is 0 Å². The molecule has 5 nitrogen and oxygen atoms in total. The molecule has 0 rings (SSSR count). The first kappa shape index (κ1) is 12.6. The van der Waals surface area contributed by atoms with Crippen LogP contribution < -0.4 is 5.32 Å². The molecule has 0 aliphatic heterocycles. The Balaban J connectivity index is 4.24. The van der Waals surface area contributed by atoms with Gasteiger partial charge in [-0.15, -0.1) is 0 Å². The zero-order valence-corrected chi connectivity index (χ0v) is 8.23. The number of amides is 1. The molecular formula is C9H15NO4. The number of aliphatic carboxylic acids is 1. The van der Waals surface area contributed by atoms with E-state index in [0.717, 1.165) is 0 Å². The molecule has 0 fully saturated rings. The first-order chi connectivity index (χ1) is 6.49. The highest BCUT2D eigenvalue weighted by Gasteiger charge is 2.23. The second kappa shape index (κ2) is 6.15. The number of carboxylic acid groups (broad SMARTS) is 1. The van der Waals surface area contributed by atoms with Gasteiger partial charge < -0.3 is 15.5 Å². The molecule has 0 saturated heterocycles. The summed E-state index contributed by atoms with van der Waals surface area (Å²) in [5.41, 5.74) is 0. The number of carboxylic acids is 1. The van der Waals surface area contributed by atoms with E-state index < -0.39 is 24.0 Å². The average molecular weight is 201 g/mol. The van der Waals surface area contributed by atoms with Crippen molar-refractivity contribution in [1.82, 2.24) is 5.32 Å². The molecule has 14 heavy (non-hydrogen) atoms. The van der Waals surface area contributed by atoms with Crippen LogP contribution in [0, 0.1) is 0 Å². The molecule has 0 aromatic carbocycles. The van der Waals surface area contributed by atoms with Crippen LogP contribution in [0.3, 0.4) is 0 Å². The Morgan fingerprint density at radius 1 is 1.50 bits per heavy atom. The fraction of sp³-hybridized carbons (Fsp3) is 0.556. The van der Waals surface area contributed by atoms with Crippen molar-refractivity contribution in [3.63, 3.8) is 0 Å². The van der Waals surface area contributed by atoms with E-state index in [9.17, 15) is 9.59 Å². The molecule has 2 atom stereocenters. The van der Waals surface area contributed by atoms with Crippen molar-refractivity contribution in [3.8, 4) is 0 Å². The van der Waals surface area contributed by atoms with Gasteiger partial charge in [0.05, 0.1) is 6.10 Å². The predicted molar refractivity (Wildman–Crippen MR) is 50.7 cm³/mol. The second-order valence-electron chi connectivity index (χ2n) is 2.88. The Hall–Kier alpha value is -1.36. The van der Waals surface area contributed by atoms with Crippen LogP contribution in [0.15, 0.2) is 12.2 Å². The lowest BCUT2D eigenvalue weighted by Crippen LogP contribution is -2.47. The monoisotopic (exact) mass is 201 g/mol. The first-order valence-electron chi connectivity index (χ1n) is 4.37. The van der Waals surface area contributed by atoms with E-state index in [1.165, 1.54) is 13.0 Å². The predicted octanol–water partition coefficient (Wildman–Crippen LogP) is -0.0972. The SMILES string of the molecule is CCC=CC(=O)NC(C(=O)O)C(C)O. The van der Waals surface area contributed by atoms with Crippen molar-refractivity contribution >= 4 is 11.9 Å². The summed E-state index contributed by atoms with van der Waals surface area (Å²) in [6, 6.07) is -1.26. The van der Waals surface area contributed by atoms with Gasteiger partial charge in [0.15, 0.2) is 6.04 Å². The minimum Gasteiger partial charge on any atom is -0.480 e. The Labute approximate surface area is 82.4 Å². The van der Waals surface area contributed by atoms with Gasteiger partial charge in [-0.1, -0.05) is 13.0 Å². The number of carbonyl (C=O) groups excluding carboxylic acids is 1. The van der Waals surface area contributed by atoms with E-state index in [0.29, 0.717) is 6.42 Å². The molecule has 80 valence electrons. The van der Waals surface area contributed by atoms with Crippen LogP contribution >= 0.6 is 0 Å².